The van der Waals surface area contributed by atoms with Crippen molar-refractivity contribution in [3.63, 3.8) is 0 Å². The Balaban J connectivity index is 2.21. The molecular weight excluding hydrogens is 314 g/mol. The van der Waals surface area contributed by atoms with E-state index < -0.39 is 0 Å². The molecule has 0 aliphatic rings. The summed E-state index contributed by atoms with van der Waals surface area (Å²) in [5.74, 6) is 0.448. The highest BCUT2D eigenvalue weighted by Gasteiger charge is 2.21. The number of likely N-dealkylation sites (N-methyl/N-ethyl adjacent to an activating group) is 1. The van der Waals surface area contributed by atoms with Gasteiger partial charge in [-0.15, -0.1) is 0 Å². The van der Waals surface area contributed by atoms with Crippen molar-refractivity contribution in [1.29, 1.82) is 0 Å². The Morgan fingerprint density at radius 2 is 1.95 bits per heavy atom. The topological polar surface area (TPSA) is 29.9 Å². The van der Waals surface area contributed by atoms with Crippen LogP contribution in [0.15, 0.2) is 34.8 Å². The second-order valence-corrected chi connectivity index (χ2v) is 6.06. The maximum absolute atomic E-state index is 4.47. The van der Waals surface area contributed by atoms with Gasteiger partial charge in [0.25, 0.3) is 0 Å². The first-order chi connectivity index (χ1) is 9.54. The van der Waals surface area contributed by atoms with Crippen molar-refractivity contribution in [2.45, 2.75) is 32.2 Å². The van der Waals surface area contributed by atoms with Gasteiger partial charge in [0.15, 0.2) is 0 Å². The van der Waals surface area contributed by atoms with E-state index in [1.165, 1.54) is 11.3 Å². The smallest absolute Gasteiger partial charge is 0.0738 e. The van der Waals surface area contributed by atoms with E-state index >= 15 is 0 Å². The predicted molar refractivity (Wildman–Crippen MR) is 87.1 cm³/mol. The van der Waals surface area contributed by atoms with Crippen molar-refractivity contribution in [3.05, 3.63) is 51.8 Å². The van der Waals surface area contributed by atoms with E-state index in [4.69, 9.17) is 0 Å². The van der Waals surface area contributed by atoms with Crippen molar-refractivity contribution in [3.8, 4) is 0 Å². The van der Waals surface area contributed by atoms with Gasteiger partial charge < -0.3 is 5.32 Å². The minimum atomic E-state index is 0.378. The van der Waals surface area contributed by atoms with Crippen LogP contribution in [-0.2, 0) is 13.5 Å². The fourth-order valence-electron chi connectivity index (χ4n) is 2.63. The zero-order chi connectivity index (χ0) is 14.7. The van der Waals surface area contributed by atoms with E-state index in [0.29, 0.717) is 12.0 Å². The number of nitrogens with zero attached hydrogens (tertiary/aromatic N) is 2. The van der Waals surface area contributed by atoms with Crippen LogP contribution in [0.5, 0.6) is 0 Å². The number of halogens is 1. The van der Waals surface area contributed by atoms with Crippen LogP contribution in [0.1, 0.15) is 29.8 Å². The number of hydrogen-bond donors (Lipinski definition) is 1. The molecule has 0 aliphatic heterocycles. The fraction of sp³-hybridized carbons (Fsp3) is 0.438. The van der Waals surface area contributed by atoms with Crippen LogP contribution in [0.3, 0.4) is 0 Å². The summed E-state index contributed by atoms with van der Waals surface area (Å²) in [4.78, 5) is 0. The lowest BCUT2D eigenvalue weighted by Gasteiger charge is -2.24. The molecule has 0 fully saturated rings. The highest BCUT2D eigenvalue weighted by atomic mass is 79.9. The van der Waals surface area contributed by atoms with Gasteiger partial charge in [-0.3, -0.25) is 4.68 Å². The van der Waals surface area contributed by atoms with Crippen molar-refractivity contribution < 1.29 is 0 Å². The number of aromatic nitrogens is 2. The van der Waals surface area contributed by atoms with Crippen LogP contribution in [-0.4, -0.2) is 22.9 Å². The minimum absolute atomic E-state index is 0.378. The van der Waals surface area contributed by atoms with Gasteiger partial charge in [-0.25, -0.2) is 0 Å². The molecule has 0 radical (unpaired) electrons. The summed E-state index contributed by atoms with van der Waals surface area (Å²) in [6, 6.07) is 11.0. The number of benzene rings is 1. The second kappa shape index (κ2) is 6.55. The Morgan fingerprint density at radius 3 is 2.45 bits per heavy atom. The number of aryl methyl sites for hydroxylation is 2. The van der Waals surface area contributed by atoms with Crippen LogP contribution in [0, 0.1) is 6.92 Å². The Hall–Kier alpha value is -1.13. The summed E-state index contributed by atoms with van der Waals surface area (Å²) in [5.41, 5.74) is 3.65. The molecule has 2 unspecified atom stereocenters. The van der Waals surface area contributed by atoms with Crippen molar-refractivity contribution in [2.75, 3.05) is 7.05 Å². The molecule has 108 valence electrons. The molecule has 0 bridgehead atoms. The standard InChI is InChI=1S/C16H22BrN3/c1-11(13-8-6-5-7-9-13)14(18-3)10-15-16(17)12(2)19-20(15)4/h5-9,11,14,18H,10H2,1-4H3. The largest absolute Gasteiger partial charge is 0.316 e. The summed E-state index contributed by atoms with van der Waals surface area (Å²) in [6.45, 7) is 4.30. The van der Waals surface area contributed by atoms with E-state index in [9.17, 15) is 0 Å². The molecule has 0 saturated carbocycles. The first kappa shape index (κ1) is 15.3. The lowest BCUT2D eigenvalue weighted by molar-refractivity contribution is 0.469. The Kier molecular flexibility index (Phi) is 5.00. The molecule has 3 nitrogen and oxygen atoms in total. The third-order valence-corrected chi connectivity index (χ3v) is 5.01. The Bertz CT molecular complexity index is 563. The molecule has 0 spiro atoms. The predicted octanol–water partition coefficient (Wildman–Crippen LogP) is 3.43. The van der Waals surface area contributed by atoms with Crippen LogP contribution < -0.4 is 5.32 Å². The van der Waals surface area contributed by atoms with Crippen LogP contribution in [0.4, 0.5) is 0 Å². The summed E-state index contributed by atoms with van der Waals surface area (Å²) < 4.78 is 3.10. The van der Waals surface area contributed by atoms with Gasteiger partial charge in [-0.05, 0) is 41.4 Å². The minimum Gasteiger partial charge on any atom is -0.316 e. The maximum atomic E-state index is 4.47. The molecule has 2 aromatic rings. The summed E-state index contributed by atoms with van der Waals surface area (Å²) in [6.07, 6.45) is 0.949. The molecular formula is C16H22BrN3. The third-order valence-electron chi connectivity index (χ3n) is 3.97. The number of rotatable bonds is 5. The zero-order valence-electron chi connectivity index (χ0n) is 12.5. The molecule has 0 aliphatic carbocycles. The van der Waals surface area contributed by atoms with Gasteiger partial charge >= 0.3 is 0 Å². The normalized spacial score (nSPS) is 14.2. The number of hydrogen-bond acceptors (Lipinski definition) is 2. The first-order valence-corrected chi connectivity index (χ1v) is 7.74. The van der Waals surface area contributed by atoms with Crippen molar-refractivity contribution >= 4 is 15.9 Å². The molecule has 0 amide bonds. The highest BCUT2D eigenvalue weighted by Crippen LogP contribution is 2.26. The van der Waals surface area contributed by atoms with Crippen LogP contribution >= 0.6 is 15.9 Å². The summed E-state index contributed by atoms with van der Waals surface area (Å²) >= 11 is 3.65. The van der Waals surface area contributed by atoms with E-state index in [1.54, 1.807) is 0 Å². The zero-order valence-corrected chi connectivity index (χ0v) is 14.1. The van der Waals surface area contributed by atoms with E-state index in [1.807, 2.05) is 25.7 Å². The molecule has 2 rings (SSSR count). The summed E-state index contributed by atoms with van der Waals surface area (Å²) in [5, 5.41) is 7.92. The van der Waals surface area contributed by atoms with Gasteiger partial charge in [-0.2, -0.15) is 5.10 Å². The van der Waals surface area contributed by atoms with Crippen LogP contribution in [0.2, 0.25) is 0 Å². The van der Waals surface area contributed by atoms with Crippen molar-refractivity contribution in [2.24, 2.45) is 7.05 Å². The molecule has 0 saturated heterocycles. The SMILES string of the molecule is CNC(Cc1c(Br)c(C)nn1C)C(C)c1ccccc1. The molecule has 1 heterocycles. The van der Waals surface area contributed by atoms with Gasteiger partial charge in [0.1, 0.15) is 0 Å². The first-order valence-electron chi connectivity index (χ1n) is 6.94. The molecule has 4 heteroatoms. The lowest BCUT2D eigenvalue weighted by atomic mass is 9.90. The maximum Gasteiger partial charge on any atom is 0.0738 e. The highest BCUT2D eigenvalue weighted by molar-refractivity contribution is 9.10. The van der Waals surface area contributed by atoms with Crippen LogP contribution in [0.25, 0.3) is 0 Å². The average molecular weight is 336 g/mol. The van der Waals surface area contributed by atoms with E-state index in [-0.39, 0.29) is 0 Å². The van der Waals surface area contributed by atoms with Gasteiger partial charge in [0, 0.05) is 19.5 Å². The van der Waals surface area contributed by atoms with Gasteiger partial charge in [0.05, 0.1) is 15.9 Å². The molecule has 2 atom stereocenters. The fourth-order valence-corrected chi connectivity index (χ4v) is 3.13. The quantitative estimate of drug-likeness (QED) is 0.907. The van der Waals surface area contributed by atoms with E-state index in [2.05, 4.69) is 63.6 Å². The lowest BCUT2D eigenvalue weighted by Crippen LogP contribution is -2.33. The van der Waals surface area contributed by atoms with Gasteiger partial charge in [-0.1, -0.05) is 37.3 Å². The monoisotopic (exact) mass is 335 g/mol. The third kappa shape index (κ3) is 3.13. The van der Waals surface area contributed by atoms with Crippen molar-refractivity contribution in [1.82, 2.24) is 15.1 Å². The molecule has 20 heavy (non-hydrogen) atoms. The molecule has 1 aromatic carbocycles. The second-order valence-electron chi connectivity index (χ2n) is 5.27. The Labute approximate surface area is 129 Å². The summed E-state index contributed by atoms with van der Waals surface area (Å²) in [7, 11) is 4.04. The van der Waals surface area contributed by atoms with E-state index in [0.717, 1.165) is 16.6 Å². The number of nitrogens with one attached hydrogen (secondary N) is 1. The van der Waals surface area contributed by atoms with Gasteiger partial charge in [0.2, 0.25) is 0 Å². The average Bonchev–Trinajstić information content (AvgIpc) is 2.70. The molecule has 1 aromatic heterocycles. The Morgan fingerprint density at radius 1 is 1.30 bits per heavy atom. The molecule has 1 N–H and O–H groups in total.